The van der Waals surface area contributed by atoms with Crippen molar-refractivity contribution < 1.29 is 5.11 Å². The number of hydrogen-bond acceptors (Lipinski definition) is 4. The lowest BCUT2D eigenvalue weighted by Gasteiger charge is -2.34. The molecule has 2 N–H and O–H groups in total. The summed E-state index contributed by atoms with van der Waals surface area (Å²) in [5, 5.41) is 16.0. The summed E-state index contributed by atoms with van der Waals surface area (Å²) in [6, 6.07) is 20.0. The fourth-order valence-corrected chi connectivity index (χ4v) is 3.99. The number of anilines is 1. The molecule has 1 fully saturated rings. The van der Waals surface area contributed by atoms with Gasteiger partial charge in [-0.3, -0.25) is 0 Å². The van der Waals surface area contributed by atoms with E-state index in [9.17, 15) is 5.11 Å². The predicted octanol–water partition coefficient (Wildman–Crippen LogP) is 4.34. The molecule has 0 radical (unpaired) electrons. The fourth-order valence-electron chi connectivity index (χ4n) is 3.36. The molecule has 5 nitrogen and oxygen atoms in total. The molecule has 29 heavy (non-hydrogen) atoms. The van der Waals surface area contributed by atoms with E-state index in [1.54, 1.807) is 17.4 Å². The van der Waals surface area contributed by atoms with Gasteiger partial charge in [0.2, 0.25) is 0 Å². The number of benzene rings is 2. The zero-order chi connectivity index (χ0) is 20.1. The molecule has 2 aromatic carbocycles. The van der Waals surface area contributed by atoms with Crippen LogP contribution in [0.15, 0.2) is 71.0 Å². The summed E-state index contributed by atoms with van der Waals surface area (Å²) in [6.07, 6.45) is 0. The van der Waals surface area contributed by atoms with Crippen LogP contribution < -0.4 is 5.32 Å². The van der Waals surface area contributed by atoms with E-state index in [0.29, 0.717) is 12.2 Å². The zero-order valence-corrected chi connectivity index (χ0v) is 17.4. The highest BCUT2D eigenvalue weighted by atomic mass is 32.1. The molecule has 2 heterocycles. The van der Waals surface area contributed by atoms with Gasteiger partial charge in [-0.05, 0) is 41.8 Å². The van der Waals surface area contributed by atoms with Crippen molar-refractivity contribution in [1.82, 2.24) is 9.80 Å². The Hall–Kier alpha value is -2.83. The second-order valence-corrected chi connectivity index (χ2v) is 8.26. The number of guanidine groups is 1. The first-order valence-corrected chi connectivity index (χ1v) is 10.7. The maximum absolute atomic E-state index is 10.5. The second kappa shape index (κ2) is 9.11. The van der Waals surface area contributed by atoms with Gasteiger partial charge in [-0.15, -0.1) is 11.3 Å². The quantitative estimate of drug-likeness (QED) is 0.385. The minimum absolute atomic E-state index is 0.225. The van der Waals surface area contributed by atoms with E-state index >= 15 is 0 Å². The van der Waals surface area contributed by atoms with Gasteiger partial charge in [0.1, 0.15) is 5.75 Å². The standard InChI is InChI=1S/C23H26N4OS/c1-26-11-13-27(14-12-26)23(24-17-20-8-5-15-29-20)25-21-16-19(9-10-22(21)28)18-6-3-2-4-7-18/h2-10,15-16,28H,11-14,17H2,1H3,(H,24,25). The first kappa shape index (κ1) is 19.5. The number of piperazine rings is 1. The molecular formula is C23H26N4OS. The van der Waals surface area contributed by atoms with Crippen molar-refractivity contribution in [1.29, 1.82) is 0 Å². The number of aliphatic imine (C=N–C) groups is 1. The van der Waals surface area contributed by atoms with Gasteiger partial charge in [-0.1, -0.05) is 42.5 Å². The minimum atomic E-state index is 0.225. The van der Waals surface area contributed by atoms with E-state index in [0.717, 1.165) is 43.3 Å². The van der Waals surface area contributed by atoms with Gasteiger partial charge in [0, 0.05) is 31.1 Å². The maximum atomic E-state index is 10.5. The molecule has 0 unspecified atom stereocenters. The molecular weight excluding hydrogens is 380 g/mol. The maximum Gasteiger partial charge on any atom is 0.199 e. The van der Waals surface area contributed by atoms with E-state index in [1.165, 1.54) is 4.88 Å². The van der Waals surface area contributed by atoms with Crippen LogP contribution in [0.25, 0.3) is 11.1 Å². The molecule has 0 saturated carbocycles. The zero-order valence-electron chi connectivity index (χ0n) is 16.6. The lowest BCUT2D eigenvalue weighted by molar-refractivity contribution is 0.215. The molecule has 1 aliphatic heterocycles. The summed E-state index contributed by atoms with van der Waals surface area (Å²) in [5.74, 6) is 1.04. The second-order valence-electron chi connectivity index (χ2n) is 7.23. The van der Waals surface area contributed by atoms with E-state index in [-0.39, 0.29) is 5.75 Å². The molecule has 150 valence electrons. The third-order valence-electron chi connectivity index (χ3n) is 5.12. The van der Waals surface area contributed by atoms with Crippen molar-refractivity contribution in [3.05, 3.63) is 70.9 Å². The molecule has 1 aromatic heterocycles. The number of phenolic OH excluding ortho intramolecular Hbond substituents is 1. The molecule has 1 aliphatic rings. The van der Waals surface area contributed by atoms with Crippen LogP contribution >= 0.6 is 11.3 Å². The summed E-state index contributed by atoms with van der Waals surface area (Å²) in [4.78, 5) is 10.7. The van der Waals surface area contributed by atoms with Crippen molar-refractivity contribution in [2.75, 3.05) is 38.5 Å². The van der Waals surface area contributed by atoms with Gasteiger partial charge in [0.15, 0.2) is 5.96 Å². The van der Waals surface area contributed by atoms with E-state index < -0.39 is 0 Å². The summed E-state index contributed by atoms with van der Waals surface area (Å²) in [6.45, 7) is 4.44. The van der Waals surface area contributed by atoms with Crippen LogP contribution in [0.3, 0.4) is 0 Å². The summed E-state index contributed by atoms with van der Waals surface area (Å²) in [5.41, 5.74) is 2.85. The molecule has 4 rings (SSSR count). The van der Waals surface area contributed by atoms with Gasteiger partial charge in [-0.2, -0.15) is 0 Å². The topological polar surface area (TPSA) is 51.1 Å². The molecule has 0 atom stereocenters. The highest BCUT2D eigenvalue weighted by Crippen LogP contribution is 2.30. The molecule has 0 aliphatic carbocycles. The number of aromatic hydroxyl groups is 1. The lowest BCUT2D eigenvalue weighted by Crippen LogP contribution is -2.49. The van der Waals surface area contributed by atoms with Crippen molar-refractivity contribution in [3.8, 4) is 16.9 Å². The number of likely N-dealkylation sites (N-methyl/N-ethyl adjacent to an activating group) is 1. The van der Waals surface area contributed by atoms with Crippen LogP contribution in [0, 0.1) is 0 Å². The SMILES string of the molecule is CN1CCN(C(=NCc2cccs2)Nc2cc(-c3ccccc3)ccc2O)CC1. The number of nitrogens with one attached hydrogen (secondary N) is 1. The highest BCUT2D eigenvalue weighted by Gasteiger charge is 2.19. The molecule has 3 aromatic rings. The van der Waals surface area contributed by atoms with E-state index in [2.05, 4.69) is 45.7 Å². The normalized spacial score (nSPS) is 15.5. The summed E-state index contributed by atoms with van der Waals surface area (Å²) in [7, 11) is 2.14. The van der Waals surface area contributed by atoms with Gasteiger partial charge in [-0.25, -0.2) is 4.99 Å². The average Bonchev–Trinajstić information content (AvgIpc) is 3.27. The summed E-state index contributed by atoms with van der Waals surface area (Å²) >= 11 is 1.71. The number of phenols is 1. The number of rotatable bonds is 4. The fraction of sp³-hybridized carbons (Fsp3) is 0.261. The smallest absolute Gasteiger partial charge is 0.199 e. The number of hydrogen-bond donors (Lipinski definition) is 2. The highest BCUT2D eigenvalue weighted by molar-refractivity contribution is 7.09. The van der Waals surface area contributed by atoms with Crippen LogP contribution in [-0.2, 0) is 6.54 Å². The minimum Gasteiger partial charge on any atom is -0.506 e. The Morgan fingerprint density at radius 2 is 1.79 bits per heavy atom. The van der Waals surface area contributed by atoms with E-state index in [1.807, 2.05) is 36.4 Å². The Morgan fingerprint density at radius 3 is 2.52 bits per heavy atom. The average molecular weight is 407 g/mol. The van der Waals surface area contributed by atoms with E-state index in [4.69, 9.17) is 4.99 Å². The molecule has 0 bridgehead atoms. The van der Waals surface area contributed by atoms with Crippen molar-refractivity contribution >= 4 is 23.0 Å². The number of nitrogens with zero attached hydrogens (tertiary/aromatic N) is 3. The molecule has 1 saturated heterocycles. The van der Waals surface area contributed by atoms with Gasteiger partial charge >= 0.3 is 0 Å². The summed E-state index contributed by atoms with van der Waals surface area (Å²) < 4.78 is 0. The van der Waals surface area contributed by atoms with Gasteiger partial charge in [0.25, 0.3) is 0 Å². The number of thiophene rings is 1. The van der Waals surface area contributed by atoms with Crippen LogP contribution in [0.4, 0.5) is 5.69 Å². The first-order chi connectivity index (χ1) is 14.2. The first-order valence-electron chi connectivity index (χ1n) is 9.85. The monoisotopic (exact) mass is 406 g/mol. The Morgan fingerprint density at radius 1 is 1.00 bits per heavy atom. The Labute approximate surface area is 175 Å². The van der Waals surface area contributed by atoms with Crippen LogP contribution in [0.2, 0.25) is 0 Å². The van der Waals surface area contributed by atoms with Gasteiger partial charge < -0.3 is 20.2 Å². The predicted molar refractivity (Wildman–Crippen MR) is 122 cm³/mol. The third kappa shape index (κ3) is 4.96. The third-order valence-corrected chi connectivity index (χ3v) is 5.98. The lowest BCUT2D eigenvalue weighted by atomic mass is 10.0. The van der Waals surface area contributed by atoms with Gasteiger partial charge in [0.05, 0.1) is 12.2 Å². The van der Waals surface area contributed by atoms with Crippen molar-refractivity contribution in [2.45, 2.75) is 6.54 Å². The van der Waals surface area contributed by atoms with Crippen molar-refractivity contribution in [3.63, 3.8) is 0 Å². The van der Waals surface area contributed by atoms with Crippen molar-refractivity contribution in [2.24, 2.45) is 4.99 Å². The van der Waals surface area contributed by atoms with Crippen LogP contribution in [0.1, 0.15) is 4.88 Å². The Kier molecular flexibility index (Phi) is 6.12. The van der Waals surface area contributed by atoms with Crippen LogP contribution in [-0.4, -0.2) is 54.1 Å². The molecule has 6 heteroatoms. The van der Waals surface area contributed by atoms with Crippen LogP contribution in [0.5, 0.6) is 5.75 Å². The molecule has 0 spiro atoms. The Balaban J connectivity index is 1.60. The largest absolute Gasteiger partial charge is 0.506 e. The Bertz CT molecular complexity index is 948. The molecule has 0 amide bonds.